The van der Waals surface area contributed by atoms with Crippen LogP contribution in [-0.4, -0.2) is 62.8 Å². The molecule has 7 nitrogen and oxygen atoms in total. The summed E-state index contributed by atoms with van der Waals surface area (Å²) in [5.41, 5.74) is 2.16. The standard InChI is InChI=1S/C21H25N5O2/c1-23-16-17(18-5-2-3-6-19(18)23)15-21(28)25-12-9-24(10-13-25)11-14-26-20(27)7-4-8-22-26/h2-8,16H,9-15H2,1H3. The topological polar surface area (TPSA) is 63.4 Å². The Labute approximate surface area is 163 Å². The summed E-state index contributed by atoms with van der Waals surface area (Å²) in [6, 6.07) is 11.4. The number of para-hydroxylation sites is 1. The molecule has 3 aromatic rings. The molecule has 28 heavy (non-hydrogen) atoms. The Kier molecular flexibility index (Phi) is 5.25. The fraction of sp³-hybridized carbons (Fsp3) is 0.381. The van der Waals surface area contributed by atoms with Crippen LogP contribution in [0.5, 0.6) is 0 Å². The van der Waals surface area contributed by atoms with Crippen molar-refractivity contribution in [1.82, 2.24) is 24.1 Å². The molecule has 1 saturated heterocycles. The Hall–Kier alpha value is -2.93. The number of fused-ring (bicyclic) bond motifs is 1. The zero-order chi connectivity index (χ0) is 19.5. The molecule has 1 amide bonds. The van der Waals surface area contributed by atoms with Gasteiger partial charge in [-0.15, -0.1) is 0 Å². The predicted octanol–water partition coefficient (Wildman–Crippen LogP) is 1.12. The predicted molar refractivity (Wildman–Crippen MR) is 108 cm³/mol. The van der Waals surface area contributed by atoms with Crippen LogP contribution in [-0.2, 0) is 24.8 Å². The molecule has 4 rings (SSSR count). The van der Waals surface area contributed by atoms with Gasteiger partial charge in [-0.3, -0.25) is 14.5 Å². The number of carbonyl (C=O) groups excluding carboxylic acids is 1. The number of rotatable bonds is 5. The van der Waals surface area contributed by atoms with Crippen LogP contribution in [0.1, 0.15) is 5.56 Å². The third-order valence-corrected chi connectivity index (χ3v) is 5.46. The zero-order valence-electron chi connectivity index (χ0n) is 16.1. The van der Waals surface area contributed by atoms with Gasteiger partial charge in [0.2, 0.25) is 5.91 Å². The summed E-state index contributed by atoms with van der Waals surface area (Å²) in [6.45, 7) is 4.43. The first-order valence-electron chi connectivity index (χ1n) is 9.67. The SMILES string of the molecule is Cn1cc(CC(=O)N2CCN(CCn3ncccc3=O)CC2)c2ccccc21. The van der Waals surface area contributed by atoms with Crippen LogP contribution in [0.4, 0.5) is 0 Å². The van der Waals surface area contributed by atoms with Gasteiger partial charge in [-0.1, -0.05) is 18.2 Å². The van der Waals surface area contributed by atoms with Gasteiger partial charge in [0.1, 0.15) is 0 Å². The van der Waals surface area contributed by atoms with Gasteiger partial charge in [-0.2, -0.15) is 5.10 Å². The van der Waals surface area contributed by atoms with E-state index in [1.807, 2.05) is 24.1 Å². The van der Waals surface area contributed by atoms with Crippen LogP contribution < -0.4 is 5.56 Å². The van der Waals surface area contributed by atoms with Crippen LogP contribution in [0, 0.1) is 0 Å². The molecule has 0 unspecified atom stereocenters. The minimum Gasteiger partial charge on any atom is -0.350 e. The van der Waals surface area contributed by atoms with E-state index in [0.29, 0.717) is 13.0 Å². The maximum atomic E-state index is 12.8. The third kappa shape index (κ3) is 3.84. The molecule has 1 aliphatic heterocycles. The lowest BCUT2D eigenvalue weighted by molar-refractivity contribution is -0.132. The van der Waals surface area contributed by atoms with Crippen molar-refractivity contribution in [2.75, 3.05) is 32.7 Å². The van der Waals surface area contributed by atoms with E-state index in [1.165, 1.54) is 10.7 Å². The van der Waals surface area contributed by atoms with E-state index < -0.39 is 0 Å². The molecule has 0 bridgehead atoms. The summed E-state index contributed by atoms with van der Waals surface area (Å²) in [5.74, 6) is 0.178. The Morgan fingerprint density at radius 1 is 1.04 bits per heavy atom. The highest BCUT2D eigenvalue weighted by Crippen LogP contribution is 2.21. The molecule has 1 aliphatic rings. The van der Waals surface area contributed by atoms with Crippen molar-refractivity contribution >= 4 is 16.8 Å². The van der Waals surface area contributed by atoms with E-state index >= 15 is 0 Å². The van der Waals surface area contributed by atoms with Crippen molar-refractivity contribution in [3.05, 3.63) is 64.7 Å². The fourth-order valence-corrected chi connectivity index (χ4v) is 3.85. The van der Waals surface area contributed by atoms with E-state index in [0.717, 1.165) is 49.2 Å². The first-order valence-corrected chi connectivity index (χ1v) is 9.67. The Morgan fingerprint density at radius 3 is 2.61 bits per heavy atom. The van der Waals surface area contributed by atoms with Crippen molar-refractivity contribution in [3.8, 4) is 0 Å². The van der Waals surface area contributed by atoms with E-state index in [1.54, 1.807) is 12.3 Å². The average Bonchev–Trinajstić information content (AvgIpc) is 3.03. The molecule has 0 saturated carbocycles. The number of carbonyl (C=O) groups is 1. The van der Waals surface area contributed by atoms with Crippen molar-refractivity contribution < 1.29 is 4.79 Å². The van der Waals surface area contributed by atoms with Gasteiger partial charge in [0.15, 0.2) is 0 Å². The molecule has 1 fully saturated rings. The quantitative estimate of drug-likeness (QED) is 0.667. The second kappa shape index (κ2) is 7.98. The first kappa shape index (κ1) is 18.4. The van der Waals surface area contributed by atoms with E-state index in [-0.39, 0.29) is 11.5 Å². The Balaban J connectivity index is 1.31. The number of hydrogen-bond acceptors (Lipinski definition) is 4. The number of hydrogen-bond donors (Lipinski definition) is 0. The van der Waals surface area contributed by atoms with Gasteiger partial charge in [0.05, 0.1) is 13.0 Å². The van der Waals surface area contributed by atoms with Crippen molar-refractivity contribution in [3.63, 3.8) is 0 Å². The molecule has 2 aromatic heterocycles. The van der Waals surface area contributed by atoms with E-state index in [4.69, 9.17) is 0 Å². The summed E-state index contributed by atoms with van der Waals surface area (Å²) < 4.78 is 3.56. The second-order valence-corrected chi connectivity index (χ2v) is 7.27. The van der Waals surface area contributed by atoms with Crippen LogP contribution in [0.25, 0.3) is 10.9 Å². The van der Waals surface area contributed by atoms with Gasteiger partial charge < -0.3 is 9.47 Å². The van der Waals surface area contributed by atoms with Crippen LogP contribution in [0.3, 0.4) is 0 Å². The zero-order valence-corrected chi connectivity index (χ0v) is 16.1. The minimum atomic E-state index is -0.0774. The Bertz CT molecular complexity index is 1030. The van der Waals surface area contributed by atoms with Crippen molar-refractivity contribution in [1.29, 1.82) is 0 Å². The minimum absolute atomic E-state index is 0.0774. The third-order valence-electron chi connectivity index (χ3n) is 5.46. The van der Waals surface area contributed by atoms with E-state index in [9.17, 15) is 9.59 Å². The number of benzene rings is 1. The highest BCUT2D eigenvalue weighted by atomic mass is 16.2. The number of nitrogens with zero attached hydrogens (tertiary/aromatic N) is 5. The Morgan fingerprint density at radius 2 is 1.82 bits per heavy atom. The van der Waals surface area contributed by atoms with E-state index in [2.05, 4.69) is 32.9 Å². The lowest BCUT2D eigenvalue weighted by Crippen LogP contribution is -2.50. The maximum Gasteiger partial charge on any atom is 0.266 e. The van der Waals surface area contributed by atoms with Crippen LogP contribution in [0.15, 0.2) is 53.6 Å². The second-order valence-electron chi connectivity index (χ2n) is 7.27. The van der Waals surface area contributed by atoms with Crippen molar-refractivity contribution in [2.24, 2.45) is 7.05 Å². The van der Waals surface area contributed by atoms with Crippen LogP contribution in [0.2, 0.25) is 0 Å². The highest BCUT2D eigenvalue weighted by molar-refractivity contribution is 5.89. The van der Waals surface area contributed by atoms with Gasteiger partial charge >= 0.3 is 0 Å². The van der Waals surface area contributed by atoms with Crippen LogP contribution >= 0.6 is 0 Å². The average molecular weight is 379 g/mol. The van der Waals surface area contributed by atoms with Gasteiger partial charge in [-0.05, 0) is 17.7 Å². The van der Waals surface area contributed by atoms with Gasteiger partial charge in [-0.25, -0.2) is 4.68 Å². The first-order chi connectivity index (χ1) is 13.6. The highest BCUT2D eigenvalue weighted by Gasteiger charge is 2.22. The normalized spacial score (nSPS) is 15.2. The molecule has 0 radical (unpaired) electrons. The fourth-order valence-electron chi connectivity index (χ4n) is 3.85. The molecule has 146 valence electrons. The summed E-state index contributed by atoms with van der Waals surface area (Å²) in [4.78, 5) is 28.8. The number of aromatic nitrogens is 3. The van der Waals surface area contributed by atoms with Gasteiger partial charge in [0.25, 0.3) is 5.56 Å². The molecular formula is C21H25N5O2. The summed E-state index contributed by atoms with van der Waals surface area (Å²) in [5, 5.41) is 5.24. The van der Waals surface area contributed by atoms with Crippen molar-refractivity contribution in [2.45, 2.75) is 13.0 Å². The number of aryl methyl sites for hydroxylation is 1. The largest absolute Gasteiger partial charge is 0.350 e. The lowest BCUT2D eigenvalue weighted by Gasteiger charge is -2.34. The molecular weight excluding hydrogens is 354 g/mol. The molecule has 0 aliphatic carbocycles. The lowest BCUT2D eigenvalue weighted by atomic mass is 10.1. The number of piperazine rings is 1. The smallest absolute Gasteiger partial charge is 0.266 e. The number of amides is 1. The molecule has 0 N–H and O–H groups in total. The summed E-state index contributed by atoms with van der Waals surface area (Å²) in [7, 11) is 2.02. The molecule has 0 atom stereocenters. The summed E-state index contributed by atoms with van der Waals surface area (Å²) >= 11 is 0. The molecule has 3 heterocycles. The molecule has 1 aromatic carbocycles. The summed E-state index contributed by atoms with van der Waals surface area (Å²) in [6.07, 6.45) is 4.12. The van der Waals surface area contributed by atoms with Gasteiger partial charge in [0, 0.05) is 69.1 Å². The maximum absolute atomic E-state index is 12.8. The monoisotopic (exact) mass is 379 g/mol. The molecule has 7 heteroatoms. The molecule has 0 spiro atoms.